The lowest BCUT2D eigenvalue weighted by molar-refractivity contribution is 0.312. The van der Waals surface area contributed by atoms with Crippen LogP contribution in [0.4, 0.5) is 11.5 Å². The van der Waals surface area contributed by atoms with Gasteiger partial charge in [-0.05, 0) is 55.1 Å². The van der Waals surface area contributed by atoms with Crippen molar-refractivity contribution in [3.63, 3.8) is 0 Å². The molecule has 158 valence electrons. The highest BCUT2D eigenvalue weighted by atomic mass is 32.2. The third-order valence-electron chi connectivity index (χ3n) is 5.42. The number of rotatable bonds is 4. The lowest BCUT2D eigenvalue weighted by Gasteiger charge is -2.33. The average molecular weight is 417 g/mol. The number of aryl methyl sites for hydroxylation is 2. The molecular formula is C22H32N4O2S. The van der Waals surface area contributed by atoms with E-state index in [0.717, 1.165) is 48.7 Å². The Labute approximate surface area is 175 Å². The Morgan fingerprint density at radius 1 is 1.00 bits per heavy atom. The van der Waals surface area contributed by atoms with Crippen LogP contribution in [0.1, 0.15) is 37.5 Å². The van der Waals surface area contributed by atoms with Gasteiger partial charge in [0.2, 0.25) is 0 Å². The molecule has 0 spiro atoms. The van der Waals surface area contributed by atoms with Crippen molar-refractivity contribution in [2.24, 2.45) is 0 Å². The summed E-state index contributed by atoms with van der Waals surface area (Å²) >= 11 is 0. The van der Waals surface area contributed by atoms with Gasteiger partial charge in [-0.15, -0.1) is 0 Å². The molecule has 7 heteroatoms. The molecule has 1 fully saturated rings. The fourth-order valence-corrected chi connectivity index (χ4v) is 5.18. The molecule has 3 rings (SSSR count). The van der Waals surface area contributed by atoms with E-state index in [1.54, 1.807) is 12.3 Å². The van der Waals surface area contributed by atoms with Gasteiger partial charge in [0.1, 0.15) is 5.82 Å². The highest BCUT2D eigenvalue weighted by Crippen LogP contribution is 2.30. The number of aromatic nitrogens is 1. The van der Waals surface area contributed by atoms with Gasteiger partial charge in [-0.25, -0.2) is 13.4 Å². The molecular weight excluding hydrogens is 384 g/mol. The fraction of sp³-hybridized carbons (Fsp3) is 0.500. The maximum atomic E-state index is 13.1. The minimum Gasteiger partial charge on any atom is -0.354 e. The summed E-state index contributed by atoms with van der Waals surface area (Å²) in [5.74, 6) is 0.878. The van der Waals surface area contributed by atoms with Crippen LogP contribution in [0.5, 0.6) is 0 Å². The summed E-state index contributed by atoms with van der Waals surface area (Å²) in [6, 6.07) is 7.60. The molecule has 0 unspecified atom stereocenters. The van der Waals surface area contributed by atoms with Gasteiger partial charge in [0, 0.05) is 26.2 Å². The van der Waals surface area contributed by atoms with E-state index < -0.39 is 10.0 Å². The molecule has 0 radical (unpaired) electrons. The number of pyridine rings is 1. The first-order valence-corrected chi connectivity index (χ1v) is 11.5. The van der Waals surface area contributed by atoms with Crippen LogP contribution >= 0.6 is 0 Å². The van der Waals surface area contributed by atoms with Crippen molar-refractivity contribution in [3.8, 4) is 0 Å². The third kappa shape index (κ3) is 4.90. The molecule has 0 atom stereocenters. The second-order valence-electron chi connectivity index (χ2n) is 8.99. The summed E-state index contributed by atoms with van der Waals surface area (Å²) in [6.07, 6.45) is 1.60. The Hall–Kier alpha value is -2.12. The summed E-state index contributed by atoms with van der Waals surface area (Å²) in [6.45, 7) is 13.9. The van der Waals surface area contributed by atoms with Gasteiger partial charge < -0.3 is 9.80 Å². The number of nitrogens with zero attached hydrogens (tertiary/aromatic N) is 3. The smallest absolute Gasteiger partial charge is 0.262 e. The van der Waals surface area contributed by atoms with Crippen LogP contribution in [0.2, 0.25) is 0 Å². The minimum absolute atomic E-state index is 0.0335. The van der Waals surface area contributed by atoms with Gasteiger partial charge in [-0.2, -0.15) is 0 Å². The molecule has 0 aliphatic carbocycles. The zero-order chi connectivity index (χ0) is 21.4. The molecule has 2 aromatic rings. The molecule has 29 heavy (non-hydrogen) atoms. The van der Waals surface area contributed by atoms with E-state index in [-0.39, 0.29) is 5.41 Å². The number of sulfonamides is 1. The lowest BCUT2D eigenvalue weighted by Crippen LogP contribution is -2.44. The molecule has 2 heterocycles. The topological polar surface area (TPSA) is 65.5 Å². The van der Waals surface area contributed by atoms with Gasteiger partial charge in [-0.3, -0.25) is 4.72 Å². The van der Waals surface area contributed by atoms with E-state index in [2.05, 4.69) is 47.3 Å². The predicted molar refractivity (Wildman–Crippen MR) is 119 cm³/mol. The van der Waals surface area contributed by atoms with Gasteiger partial charge in [0.05, 0.1) is 16.8 Å². The van der Waals surface area contributed by atoms with Crippen molar-refractivity contribution in [1.29, 1.82) is 0 Å². The average Bonchev–Trinajstić information content (AvgIpc) is 2.61. The van der Waals surface area contributed by atoms with Crippen molar-refractivity contribution in [2.45, 2.75) is 44.9 Å². The molecule has 1 aliphatic heterocycles. The maximum absolute atomic E-state index is 13.1. The Morgan fingerprint density at radius 2 is 1.59 bits per heavy atom. The Morgan fingerprint density at radius 3 is 2.07 bits per heavy atom. The van der Waals surface area contributed by atoms with Crippen molar-refractivity contribution >= 4 is 21.5 Å². The van der Waals surface area contributed by atoms with Crippen LogP contribution in [0.15, 0.2) is 35.4 Å². The Kier molecular flexibility index (Phi) is 5.92. The maximum Gasteiger partial charge on any atom is 0.262 e. The van der Waals surface area contributed by atoms with E-state index >= 15 is 0 Å². The zero-order valence-electron chi connectivity index (χ0n) is 18.3. The van der Waals surface area contributed by atoms with E-state index in [1.807, 2.05) is 32.0 Å². The van der Waals surface area contributed by atoms with Crippen LogP contribution in [0.3, 0.4) is 0 Å². The SMILES string of the molecule is Cc1cc(C(C)(C)C)cc(C)c1S(=O)(=O)Nc1ccc(N2CCN(C)CC2)nc1. The molecule has 1 saturated heterocycles. The summed E-state index contributed by atoms with van der Waals surface area (Å²) in [4.78, 5) is 9.32. The first kappa shape index (κ1) is 21.6. The van der Waals surface area contributed by atoms with Crippen LogP contribution in [-0.2, 0) is 15.4 Å². The summed E-state index contributed by atoms with van der Waals surface area (Å²) in [5.41, 5.74) is 3.08. The van der Waals surface area contributed by atoms with Gasteiger partial charge in [0.15, 0.2) is 0 Å². The number of nitrogens with one attached hydrogen (secondary N) is 1. The van der Waals surface area contributed by atoms with Gasteiger partial charge in [-0.1, -0.05) is 32.9 Å². The molecule has 0 saturated carbocycles. The van der Waals surface area contributed by atoms with Crippen LogP contribution < -0.4 is 9.62 Å². The molecule has 6 nitrogen and oxygen atoms in total. The highest BCUT2D eigenvalue weighted by Gasteiger charge is 2.24. The Balaban J connectivity index is 1.81. The third-order valence-corrected chi connectivity index (χ3v) is 7.11. The van der Waals surface area contributed by atoms with Crippen LogP contribution in [0, 0.1) is 13.8 Å². The molecule has 1 N–H and O–H groups in total. The lowest BCUT2D eigenvalue weighted by atomic mass is 9.85. The number of anilines is 2. The van der Waals surface area contributed by atoms with E-state index in [9.17, 15) is 8.42 Å². The second kappa shape index (κ2) is 7.95. The zero-order valence-corrected chi connectivity index (χ0v) is 19.1. The molecule has 1 aliphatic rings. The summed E-state index contributed by atoms with van der Waals surface area (Å²) in [7, 11) is -1.58. The predicted octanol–water partition coefficient (Wildman–Crippen LogP) is 3.55. The second-order valence-corrected chi connectivity index (χ2v) is 10.6. The Bertz CT molecular complexity index is 948. The first-order valence-electron chi connectivity index (χ1n) is 10.0. The van der Waals surface area contributed by atoms with Crippen LogP contribution in [0.25, 0.3) is 0 Å². The highest BCUT2D eigenvalue weighted by molar-refractivity contribution is 7.92. The molecule has 0 bridgehead atoms. The normalized spacial score (nSPS) is 16.1. The summed E-state index contributed by atoms with van der Waals surface area (Å²) in [5, 5.41) is 0. The monoisotopic (exact) mass is 416 g/mol. The van der Waals surface area contributed by atoms with E-state index in [4.69, 9.17) is 0 Å². The fourth-order valence-electron chi connectivity index (χ4n) is 3.68. The quantitative estimate of drug-likeness (QED) is 0.826. The van der Waals surface area contributed by atoms with Gasteiger partial charge >= 0.3 is 0 Å². The largest absolute Gasteiger partial charge is 0.354 e. The van der Waals surface area contributed by atoms with Crippen LogP contribution in [-0.4, -0.2) is 51.5 Å². The number of likely N-dealkylation sites (N-methyl/N-ethyl adjacent to an activating group) is 1. The first-order chi connectivity index (χ1) is 13.5. The van der Waals surface area contributed by atoms with Crippen molar-refractivity contribution in [3.05, 3.63) is 47.2 Å². The number of piperazine rings is 1. The van der Waals surface area contributed by atoms with E-state index in [1.165, 1.54) is 0 Å². The van der Waals surface area contributed by atoms with Crippen molar-refractivity contribution < 1.29 is 8.42 Å². The number of hydrogen-bond donors (Lipinski definition) is 1. The minimum atomic E-state index is -3.69. The number of hydrogen-bond acceptors (Lipinski definition) is 5. The molecule has 1 aromatic heterocycles. The standard InChI is InChI=1S/C22H32N4O2S/c1-16-13-18(22(3,4)5)14-17(2)21(16)29(27,28)24-19-7-8-20(23-15-19)26-11-9-25(6)10-12-26/h7-8,13-15,24H,9-12H2,1-6H3. The molecule has 0 amide bonds. The number of benzene rings is 1. The molecule has 1 aromatic carbocycles. The van der Waals surface area contributed by atoms with Gasteiger partial charge in [0.25, 0.3) is 10.0 Å². The summed E-state index contributed by atoms with van der Waals surface area (Å²) < 4.78 is 28.8. The van der Waals surface area contributed by atoms with Crippen molar-refractivity contribution in [1.82, 2.24) is 9.88 Å². The van der Waals surface area contributed by atoms with Crippen molar-refractivity contribution in [2.75, 3.05) is 42.8 Å². The van der Waals surface area contributed by atoms with E-state index in [0.29, 0.717) is 10.6 Å².